The molecule has 8 nitrogen and oxygen atoms in total. The van der Waals surface area contributed by atoms with Crippen molar-refractivity contribution in [1.29, 1.82) is 0 Å². The molecule has 0 aromatic carbocycles. The van der Waals surface area contributed by atoms with Gasteiger partial charge in [0, 0.05) is 6.54 Å². The van der Waals surface area contributed by atoms with Crippen molar-refractivity contribution in [2.24, 2.45) is 0 Å². The molecule has 1 aromatic heterocycles. The molecule has 112 valence electrons. The fourth-order valence-electron chi connectivity index (χ4n) is 1.82. The molecule has 1 aromatic rings. The van der Waals surface area contributed by atoms with Crippen LogP contribution in [-0.2, 0) is 4.79 Å². The summed E-state index contributed by atoms with van der Waals surface area (Å²) in [5.74, 6) is -0.431. The summed E-state index contributed by atoms with van der Waals surface area (Å²) < 4.78 is 1.37. The zero-order chi connectivity index (χ0) is 15.3. The molecule has 1 heterocycles. The van der Waals surface area contributed by atoms with E-state index in [0.29, 0.717) is 12.2 Å². The molecule has 0 fully saturated rings. The smallest absolute Gasteiger partial charge is 0.358 e. The van der Waals surface area contributed by atoms with Gasteiger partial charge in [0.1, 0.15) is 6.04 Å². The zero-order valence-electron chi connectivity index (χ0n) is 12.3. The Labute approximate surface area is 117 Å². The van der Waals surface area contributed by atoms with E-state index >= 15 is 0 Å². The molecule has 0 bridgehead atoms. The average Bonchev–Trinajstić information content (AvgIpc) is 2.75. The lowest BCUT2D eigenvalue weighted by molar-refractivity contribution is -0.389. The van der Waals surface area contributed by atoms with Gasteiger partial charge >= 0.3 is 5.82 Å². The predicted molar refractivity (Wildman–Crippen MR) is 74.5 cm³/mol. The number of rotatable bonds is 7. The third-order valence-electron chi connectivity index (χ3n) is 2.92. The molecule has 20 heavy (non-hydrogen) atoms. The van der Waals surface area contributed by atoms with Gasteiger partial charge in [-0.1, -0.05) is 0 Å². The number of hydrogen-bond acceptors (Lipinski definition) is 5. The van der Waals surface area contributed by atoms with Crippen molar-refractivity contribution in [2.75, 3.05) is 27.2 Å². The molecule has 0 saturated carbocycles. The van der Waals surface area contributed by atoms with E-state index in [9.17, 15) is 14.9 Å². The maximum Gasteiger partial charge on any atom is 0.390 e. The number of nitro groups is 1. The summed E-state index contributed by atoms with van der Waals surface area (Å²) in [4.78, 5) is 24.1. The molecule has 0 spiro atoms. The van der Waals surface area contributed by atoms with Gasteiger partial charge in [-0.25, -0.2) is 0 Å². The number of hydrogen-bond donors (Lipinski definition) is 1. The lowest BCUT2D eigenvalue weighted by atomic mass is 10.3. The molecule has 0 aliphatic rings. The Morgan fingerprint density at radius 1 is 1.60 bits per heavy atom. The molecular weight excluding hydrogens is 262 g/mol. The first kappa shape index (κ1) is 16.1. The quantitative estimate of drug-likeness (QED) is 0.452. The Morgan fingerprint density at radius 2 is 2.25 bits per heavy atom. The molecule has 0 aliphatic carbocycles. The molecule has 0 radical (unpaired) electrons. The zero-order valence-corrected chi connectivity index (χ0v) is 12.3. The lowest BCUT2D eigenvalue weighted by Crippen LogP contribution is -2.33. The fraction of sp³-hybridized carbons (Fsp3) is 0.667. The Kier molecular flexibility index (Phi) is 5.63. The first-order valence-electron chi connectivity index (χ1n) is 6.46. The lowest BCUT2D eigenvalue weighted by Gasteiger charge is -2.13. The number of amides is 1. The van der Waals surface area contributed by atoms with Crippen LogP contribution < -0.4 is 5.32 Å². The number of aromatic nitrogens is 2. The van der Waals surface area contributed by atoms with Crippen LogP contribution in [-0.4, -0.2) is 52.7 Å². The highest BCUT2D eigenvalue weighted by molar-refractivity contribution is 5.79. The van der Waals surface area contributed by atoms with Crippen LogP contribution in [0.15, 0.2) is 6.07 Å². The highest BCUT2D eigenvalue weighted by Crippen LogP contribution is 2.15. The summed E-state index contributed by atoms with van der Waals surface area (Å²) in [6.45, 7) is 4.82. The van der Waals surface area contributed by atoms with E-state index in [1.54, 1.807) is 13.8 Å². The van der Waals surface area contributed by atoms with E-state index in [4.69, 9.17) is 0 Å². The summed E-state index contributed by atoms with van der Waals surface area (Å²) in [6.07, 6.45) is 0.851. The van der Waals surface area contributed by atoms with Crippen molar-refractivity contribution < 1.29 is 9.72 Å². The number of carbonyl (C=O) groups excluding carboxylic acids is 1. The maximum atomic E-state index is 12.0. The highest BCUT2D eigenvalue weighted by atomic mass is 16.6. The minimum atomic E-state index is -0.567. The van der Waals surface area contributed by atoms with E-state index in [2.05, 4.69) is 10.4 Å². The fourth-order valence-corrected chi connectivity index (χ4v) is 1.82. The molecule has 0 aliphatic heterocycles. The molecule has 1 rings (SSSR count). The van der Waals surface area contributed by atoms with Gasteiger partial charge in [-0.3, -0.25) is 4.79 Å². The van der Waals surface area contributed by atoms with Gasteiger partial charge in [-0.05, 0) is 45.8 Å². The van der Waals surface area contributed by atoms with E-state index in [-0.39, 0.29) is 11.7 Å². The summed E-state index contributed by atoms with van der Waals surface area (Å²) in [7, 11) is 3.94. The molecule has 1 atom stereocenters. The van der Waals surface area contributed by atoms with Crippen LogP contribution in [0.4, 0.5) is 5.82 Å². The normalized spacial score (nSPS) is 12.4. The highest BCUT2D eigenvalue weighted by Gasteiger charge is 2.24. The average molecular weight is 283 g/mol. The van der Waals surface area contributed by atoms with Crippen molar-refractivity contribution in [3.05, 3.63) is 21.9 Å². The van der Waals surface area contributed by atoms with Gasteiger partial charge in [0.2, 0.25) is 5.91 Å². The Hall–Kier alpha value is -1.96. The summed E-state index contributed by atoms with van der Waals surface area (Å²) in [5.41, 5.74) is 0.590. The molecule has 1 unspecified atom stereocenters. The number of aryl methyl sites for hydroxylation is 1. The minimum Gasteiger partial charge on any atom is -0.358 e. The third-order valence-corrected chi connectivity index (χ3v) is 2.92. The van der Waals surface area contributed by atoms with Crippen molar-refractivity contribution in [3.8, 4) is 0 Å². The minimum absolute atomic E-state index is 0.190. The van der Waals surface area contributed by atoms with E-state index in [1.807, 2.05) is 19.0 Å². The van der Waals surface area contributed by atoms with E-state index in [1.165, 1.54) is 10.7 Å². The second-order valence-electron chi connectivity index (χ2n) is 4.97. The predicted octanol–water partition coefficient (Wildman–Crippen LogP) is 0.729. The maximum absolute atomic E-state index is 12.0. The van der Waals surface area contributed by atoms with E-state index in [0.717, 1.165) is 13.0 Å². The van der Waals surface area contributed by atoms with Crippen molar-refractivity contribution in [3.63, 3.8) is 0 Å². The van der Waals surface area contributed by atoms with Gasteiger partial charge in [0.15, 0.2) is 0 Å². The molecule has 1 amide bonds. The van der Waals surface area contributed by atoms with Crippen LogP contribution in [0, 0.1) is 17.0 Å². The van der Waals surface area contributed by atoms with E-state index < -0.39 is 11.0 Å². The second kappa shape index (κ2) is 6.99. The first-order valence-corrected chi connectivity index (χ1v) is 6.46. The first-order chi connectivity index (χ1) is 9.32. The Balaban J connectivity index is 2.58. The largest absolute Gasteiger partial charge is 0.390 e. The van der Waals surface area contributed by atoms with Crippen LogP contribution in [0.3, 0.4) is 0 Å². The van der Waals surface area contributed by atoms with Crippen LogP contribution in [0.25, 0.3) is 0 Å². The van der Waals surface area contributed by atoms with Crippen LogP contribution >= 0.6 is 0 Å². The second-order valence-corrected chi connectivity index (χ2v) is 4.97. The SMILES string of the molecule is Cc1cc([N+](=O)[O-])nn1C(C)C(=O)NCCCN(C)C. The molecule has 8 heteroatoms. The number of carbonyl (C=O) groups is 1. The van der Waals surface area contributed by atoms with Crippen LogP contribution in [0.2, 0.25) is 0 Å². The van der Waals surface area contributed by atoms with Gasteiger partial charge in [0.05, 0.1) is 16.9 Å². The van der Waals surface area contributed by atoms with Crippen molar-refractivity contribution in [1.82, 2.24) is 20.0 Å². The summed E-state index contributed by atoms with van der Waals surface area (Å²) >= 11 is 0. The van der Waals surface area contributed by atoms with Gasteiger partial charge in [-0.15, -0.1) is 0 Å². The standard InChI is InChI=1S/C12H21N5O3/c1-9-8-11(17(19)20)14-16(9)10(2)12(18)13-6-5-7-15(3)4/h8,10H,5-7H2,1-4H3,(H,13,18). The van der Waals surface area contributed by atoms with Gasteiger partial charge in [0.25, 0.3) is 0 Å². The third kappa shape index (κ3) is 4.30. The van der Waals surface area contributed by atoms with Gasteiger partial charge < -0.3 is 20.3 Å². The van der Waals surface area contributed by atoms with Crippen LogP contribution in [0.5, 0.6) is 0 Å². The topological polar surface area (TPSA) is 93.3 Å². The van der Waals surface area contributed by atoms with Crippen molar-refractivity contribution >= 4 is 11.7 Å². The van der Waals surface area contributed by atoms with Crippen molar-refractivity contribution in [2.45, 2.75) is 26.3 Å². The Bertz CT molecular complexity index is 483. The molecule has 1 N–H and O–H groups in total. The number of nitrogens with one attached hydrogen (secondary N) is 1. The van der Waals surface area contributed by atoms with Crippen LogP contribution in [0.1, 0.15) is 25.1 Å². The van der Waals surface area contributed by atoms with Gasteiger partial charge in [-0.2, -0.15) is 4.68 Å². The molecular formula is C12H21N5O3. The molecule has 0 saturated heterocycles. The number of nitrogens with zero attached hydrogens (tertiary/aromatic N) is 4. The Morgan fingerprint density at radius 3 is 2.75 bits per heavy atom. The summed E-state index contributed by atoms with van der Waals surface area (Å²) in [5, 5.41) is 17.3. The summed E-state index contributed by atoms with van der Waals surface area (Å²) in [6, 6.07) is 0.790. The monoisotopic (exact) mass is 283 g/mol.